The Kier molecular flexibility index (Phi) is 7.10. The monoisotopic (exact) mass is 314 g/mol. The molecule has 0 saturated carbocycles. The number of amides is 1. The standard InChI is InChI=1S/C12H20N4OS.CH2O2/c1-15-6-4-3-5-9(15)7-16(2)11(17)10-8-18-12(13)14-10;2-1-3/h8-9H,3-7H2,1-2H3,(H2,13,14);1H,(H,2,3). The summed E-state index contributed by atoms with van der Waals surface area (Å²) in [5.74, 6) is -0.0399. The summed E-state index contributed by atoms with van der Waals surface area (Å²) in [7, 11) is 3.96. The van der Waals surface area contributed by atoms with Crippen molar-refractivity contribution in [3.8, 4) is 0 Å². The van der Waals surface area contributed by atoms with Crippen molar-refractivity contribution in [1.82, 2.24) is 14.8 Å². The second-order valence-corrected chi connectivity index (χ2v) is 5.88. The molecule has 8 heteroatoms. The Morgan fingerprint density at radius 3 is 2.86 bits per heavy atom. The van der Waals surface area contributed by atoms with E-state index >= 15 is 0 Å². The third kappa shape index (κ3) is 5.31. The number of piperidine rings is 1. The van der Waals surface area contributed by atoms with E-state index in [0.29, 0.717) is 16.9 Å². The van der Waals surface area contributed by atoms with E-state index in [2.05, 4.69) is 16.9 Å². The van der Waals surface area contributed by atoms with E-state index in [-0.39, 0.29) is 12.4 Å². The largest absolute Gasteiger partial charge is 0.483 e. The first-order chi connectivity index (χ1) is 9.99. The Bertz CT molecular complexity index is 466. The van der Waals surface area contributed by atoms with Gasteiger partial charge in [-0.15, -0.1) is 11.3 Å². The lowest BCUT2D eigenvalue weighted by molar-refractivity contribution is -0.122. The SMILES string of the molecule is CN(CC1CCCCN1C)C(=O)c1csc(N)n1.O=CO. The van der Waals surface area contributed by atoms with Crippen molar-refractivity contribution < 1.29 is 14.7 Å². The van der Waals surface area contributed by atoms with E-state index in [1.807, 2.05) is 7.05 Å². The van der Waals surface area contributed by atoms with Gasteiger partial charge < -0.3 is 20.6 Å². The van der Waals surface area contributed by atoms with Crippen LogP contribution in [0.3, 0.4) is 0 Å². The van der Waals surface area contributed by atoms with Crippen molar-refractivity contribution in [1.29, 1.82) is 0 Å². The van der Waals surface area contributed by atoms with Gasteiger partial charge in [-0.05, 0) is 26.4 Å². The van der Waals surface area contributed by atoms with Crippen LogP contribution in [0.15, 0.2) is 5.38 Å². The molecule has 3 N–H and O–H groups in total. The number of carboxylic acid groups (broad SMARTS) is 1. The summed E-state index contributed by atoms with van der Waals surface area (Å²) in [5, 5.41) is 9.06. The molecule has 1 atom stereocenters. The highest BCUT2D eigenvalue weighted by Crippen LogP contribution is 2.17. The van der Waals surface area contributed by atoms with E-state index in [9.17, 15) is 4.79 Å². The summed E-state index contributed by atoms with van der Waals surface area (Å²) >= 11 is 1.31. The molecule has 21 heavy (non-hydrogen) atoms. The van der Waals surface area contributed by atoms with Crippen molar-refractivity contribution in [2.45, 2.75) is 25.3 Å². The zero-order chi connectivity index (χ0) is 15.8. The average Bonchev–Trinajstić information content (AvgIpc) is 2.88. The molecule has 1 saturated heterocycles. The smallest absolute Gasteiger partial charge is 0.290 e. The highest BCUT2D eigenvalue weighted by atomic mass is 32.1. The molecule has 1 fully saturated rings. The van der Waals surface area contributed by atoms with Crippen LogP contribution in [-0.2, 0) is 4.79 Å². The van der Waals surface area contributed by atoms with Crippen molar-refractivity contribution >= 4 is 28.8 Å². The Morgan fingerprint density at radius 2 is 2.33 bits per heavy atom. The number of nitrogens with two attached hydrogens (primary N) is 1. The summed E-state index contributed by atoms with van der Waals surface area (Å²) in [6.07, 6.45) is 3.67. The molecule has 1 aromatic rings. The van der Waals surface area contributed by atoms with E-state index in [4.69, 9.17) is 15.6 Å². The number of nitrogens with zero attached hydrogens (tertiary/aromatic N) is 3. The lowest BCUT2D eigenvalue weighted by Gasteiger charge is -2.34. The van der Waals surface area contributed by atoms with Crippen molar-refractivity contribution in [3.05, 3.63) is 11.1 Å². The molecule has 0 radical (unpaired) electrons. The van der Waals surface area contributed by atoms with Crippen LogP contribution in [0.25, 0.3) is 0 Å². The van der Waals surface area contributed by atoms with Gasteiger partial charge in [-0.3, -0.25) is 9.59 Å². The van der Waals surface area contributed by atoms with Crippen molar-refractivity contribution in [2.24, 2.45) is 0 Å². The summed E-state index contributed by atoms with van der Waals surface area (Å²) < 4.78 is 0. The predicted molar refractivity (Wildman–Crippen MR) is 82.4 cm³/mol. The molecule has 0 aliphatic carbocycles. The first-order valence-electron chi connectivity index (χ1n) is 6.74. The van der Waals surface area contributed by atoms with Crippen LogP contribution in [0.5, 0.6) is 0 Å². The predicted octanol–water partition coefficient (Wildman–Crippen LogP) is 0.982. The zero-order valence-electron chi connectivity index (χ0n) is 12.4. The fourth-order valence-electron chi connectivity index (χ4n) is 2.36. The second kappa shape index (κ2) is 8.58. The van der Waals surface area contributed by atoms with Gasteiger partial charge >= 0.3 is 0 Å². The van der Waals surface area contributed by atoms with Crippen LogP contribution in [0, 0.1) is 0 Å². The van der Waals surface area contributed by atoms with Crippen molar-refractivity contribution in [3.63, 3.8) is 0 Å². The molecular formula is C13H22N4O3S. The molecule has 1 aromatic heterocycles. The maximum Gasteiger partial charge on any atom is 0.290 e. The van der Waals surface area contributed by atoms with Crippen LogP contribution in [0.4, 0.5) is 5.13 Å². The van der Waals surface area contributed by atoms with Gasteiger partial charge in [0.25, 0.3) is 12.4 Å². The maximum atomic E-state index is 12.1. The Hall–Kier alpha value is -1.67. The maximum absolute atomic E-state index is 12.1. The lowest BCUT2D eigenvalue weighted by atomic mass is 10.0. The number of aromatic nitrogens is 1. The molecule has 1 unspecified atom stereocenters. The normalized spacial score (nSPS) is 18.5. The summed E-state index contributed by atoms with van der Waals surface area (Å²) in [4.78, 5) is 28.6. The number of likely N-dealkylation sites (tertiary alicyclic amines) is 1. The molecule has 0 spiro atoms. The molecule has 0 bridgehead atoms. The number of thiazole rings is 1. The molecule has 118 valence electrons. The number of likely N-dealkylation sites (N-methyl/N-ethyl adjacent to an activating group) is 2. The van der Waals surface area contributed by atoms with Crippen LogP contribution in [-0.4, -0.2) is 65.5 Å². The van der Waals surface area contributed by atoms with Crippen molar-refractivity contribution in [2.75, 3.05) is 32.9 Å². The number of carbonyl (C=O) groups excluding carboxylic acids is 1. The van der Waals surface area contributed by atoms with Gasteiger partial charge in [0.1, 0.15) is 5.69 Å². The number of anilines is 1. The zero-order valence-corrected chi connectivity index (χ0v) is 13.2. The van der Waals surface area contributed by atoms with Gasteiger partial charge in [0.05, 0.1) is 0 Å². The van der Waals surface area contributed by atoms with Crippen LogP contribution < -0.4 is 5.73 Å². The number of nitrogen functional groups attached to an aromatic ring is 1. The Balaban J connectivity index is 0.000000677. The Morgan fingerprint density at radius 1 is 1.67 bits per heavy atom. The number of hydrogen-bond acceptors (Lipinski definition) is 6. The quantitative estimate of drug-likeness (QED) is 0.807. The Labute approximate surface area is 128 Å². The van der Waals surface area contributed by atoms with E-state index in [1.165, 1.54) is 24.2 Å². The van der Waals surface area contributed by atoms with Gasteiger partial charge in [-0.2, -0.15) is 0 Å². The van der Waals surface area contributed by atoms with E-state index in [0.717, 1.165) is 19.5 Å². The number of rotatable bonds is 3. The molecule has 1 amide bonds. The van der Waals surface area contributed by atoms with E-state index < -0.39 is 0 Å². The molecule has 2 heterocycles. The van der Waals surface area contributed by atoms with Crippen LogP contribution in [0.2, 0.25) is 0 Å². The highest BCUT2D eigenvalue weighted by molar-refractivity contribution is 7.13. The fraction of sp³-hybridized carbons (Fsp3) is 0.615. The molecular weight excluding hydrogens is 292 g/mol. The molecule has 0 aromatic carbocycles. The fourth-order valence-corrected chi connectivity index (χ4v) is 2.89. The van der Waals surface area contributed by atoms with Crippen LogP contribution in [0.1, 0.15) is 29.8 Å². The highest BCUT2D eigenvalue weighted by Gasteiger charge is 2.23. The summed E-state index contributed by atoms with van der Waals surface area (Å²) in [6.45, 7) is 1.63. The number of hydrogen-bond donors (Lipinski definition) is 2. The van der Waals surface area contributed by atoms with E-state index in [1.54, 1.807) is 10.3 Å². The molecule has 2 rings (SSSR count). The third-order valence-corrected chi connectivity index (χ3v) is 4.17. The molecule has 1 aliphatic heterocycles. The average molecular weight is 314 g/mol. The first kappa shape index (κ1) is 17.4. The van der Waals surface area contributed by atoms with Gasteiger partial charge in [0.15, 0.2) is 5.13 Å². The van der Waals surface area contributed by atoms with Gasteiger partial charge in [-0.25, -0.2) is 4.98 Å². The van der Waals surface area contributed by atoms with Gasteiger partial charge in [0.2, 0.25) is 0 Å². The summed E-state index contributed by atoms with van der Waals surface area (Å²) in [5.41, 5.74) is 6.01. The minimum atomic E-state index is -0.250. The third-order valence-electron chi connectivity index (χ3n) is 3.49. The van der Waals surface area contributed by atoms with Gasteiger partial charge in [0, 0.05) is 25.0 Å². The minimum Gasteiger partial charge on any atom is -0.483 e. The minimum absolute atomic E-state index is 0.0399. The topological polar surface area (TPSA) is 99.8 Å². The lowest BCUT2D eigenvalue weighted by Crippen LogP contribution is -2.45. The number of carbonyl (C=O) groups is 2. The van der Waals surface area contributed by atoms with Gasteiger partial charge in [-0.1, -0.05) is 6.42 Å². The molecule has 1 aliphatic rings. The van der Waals surface area contributed by atoms with Crippen LogP contribution >= 0.6 is 11.3 Å². The summed E-state index contributed by atoms with van der Waals surface area (Å²) in [6, 6.07) is 0.462. The second-order valence-electron chi connectivity index (χ2n) is 4.99. The molecule has 7 nitrogen and oxygen atoms in total. The first-order valence-corrected chi connectivity index (χ1v) is 7.62.